The van der Waals surface area contributed by atoms with Crippen molar-refractivity contribution in [1.29, 1.82) is 0 Å². The van der Waals surface area contributed by atoms with Crippen LogP contribution in [0.3, 0.4) is 0 Å². The van der Waals surface area contributed by atoms with E-state index in [1.807, 2.05) is 0 Å². The molecule has 3 aromatic rings. The van der Waals surface area contributed by atoms with E-state index in [4.69, 9.17) is 9.47 Å². The van der Waals surface area contributed by atoms with Crippen LogP contribution in [0.2, 0.25) is 0 Å². The standard InChI is InChI=1S/C21H19F3N4O5/c1-11-7-12(13-9-25-28(10-13)19(31)33-20(2,3)4)5-6-15(11)32-17-14(18(29)30)8-16(26-27-17)21(22,23)24/h5-10H,1-4H3,(H,29,30)/p-1. The predicted molar refractivity (Wildman–Crippen MR) is 105 cm³/mol. The van der Waals surface area contributed by atoms with E-state index in [0.29, 0.717) is 22.8 Å². The second-order valence-corrected chi connectivity index (χ2v) is 7.97. The molecule has 0 atom stereocenters. The molecule has 9 nitrogen and oxygen atoms in total. The van der Waals surface area contributed by atoms with Crippen molar-refractivity contribution < 1.29 is 37.3 Å². The number of hydrogen-bond donors (Lipinski definition) is 0. The number of ether oxygens (including phenoxy) is 2. The van der Waals surface area contributed by atoms with Crippen LogP contribution in [0.15, 0.2) is 36.7 Å². The Morgan fingerprint density at radius 2 is 1.76 bits per heavy atom. The maximum absolute atomic E-state index is 12.8. The monoisotopic (exact) mass is 463 g/mol. The van der Waals surface area contributed by atoms with E-state index in [2.05, 4.69) is 15.3 Å². The van der Waals surface area contributed by atoms with Crippen molar-refractivity contribution in [3.8, 4) is 22.8 Å². The van der Waals surface area contributed by atoms with E-state index < -0.39 is 41.0 Å². The Morgan fingerprint density at radius 1 is 1.06 bits per heavy atom. The molecule has 0 fully saturated rings. The number of aromatic nitrogens is 4. The fraction of sp³-hybridized carbons (Fsp3) is 0.286. The molecule has 0 N–H and O–H groups in total. The first kappa shape index (κ1) is 23.7. The van der Waals surface area contributed by atoms with Gasteiger partial charge in [-0.05, 0) is 57.0 Å². The molecule has 174 valence electrons. The molecule has 0 amide bonds. The molecule has 12 heteroatoms. The SMILES string of the molecule is Cc1cc(-c2cnn(C(=O)OC(C)(C)C)c2)ccc1Oc1nnc(C(F)(F)F)cc1C(=O)[O-]. The molecule has 33 heavy (non-hydrogen) atoms. The summed E-state index contributed by atoms with van der Waals surface area (Å²) in [6.45, 7) is 6.81. The third-order valence-electron chi connectivity index (χ3n) is 4.15. The van der Waals surface area contributed by atoms with Gasteiger partial charge in [0.25, 0.3) is 0 Å². The molecule has 0 aliphatic carbocycles. The van der Waals surface area contributed by atoms with Gasteiger partial charge in [0.15, 0.2) is 5.69 Å². The second-order valence-electron chi connectivity index (χ2n) is 7.97. The van der Waals surface area contributed by atoms with Crippen LogP contribution in [-0.2, 0) is 10.9 Å². The molecule has 2 aromatic heterocycles. The fourth-order valence-electron chi connectivity index (χ4n) is 2.67. The van der Waals surface area contributed by atoms with Gasteiger partial charge in [0, 0.05) is 11.8 Å². The highest BCUT2D eigenvalue weighted by Gasteiger charge is 2.34. The predicted octanol–water partition coefficient (Wildman–Crippen LogP) is 3.61. The minimum absolute atomic E-state index is 0.134. The number of aryl methyl sites for hydroxylation is 1. The van der Waals surface area contributed by atoms with Crippen LogP contribution in [0.5, 0.6) is 11.6 Å². The van der Waals surface area contributed by atoms with Gasteiger partial charge in [-0.2, -0.15) is 23.0 Å². The third kappa shape index (κ3) is 5.64. The number of carboxylic acid groups (broad SMARTS) is 1. The van der Waals surface area contributed by atoms with Gasteiger partial charge in [0.1, 0.15) is 11.4 Å². The van der Waals surface area contributed by atoms with Gasteiger partial charge in [-0.1, -0.05) is 6.07 Å². The average molecular weight is 463 g/mol. The summed E-state index contributed by atoms with van der Waals surface area (Å²) < 4.78 is 50.1. The summed E-state index contributed by atoms with van der Waals surface area (Å²) in [6.07, 6.45) is -2.61. The topological polar surface area (TPSA) is 119 Å². The van der Waals surface area contributed by atoms with Crippen molar-refractivity contribution in [2.45, 2.75) is 39.5 Å². The van der Waals surface area contributed by atoms with Gasteiger partial charge in [-0.15, -0.1) is 10.2 Å². The van der Waals surface area contributed by atoms with E-state index in [1.165, 1.54) is 18.5 Å². The number of alkyl halides is 3. The van der Waals surface area contributed by atoms with Gasteiger partial charge in [0.05, 0.1) is 17.7 Å². The fourth-order valence-corrected chi connectivity index (χ4v) is 2.67. The first-order valence-corrected chi connectivity index (χ1v) is 9.48. The van der Waals surface area contributed by atoms with Crippen molar-refractivity contribution in [3.05, 3.63) is 53.5 Å². The number of hydrogen-bond acceptors (Lipinski definition) is 8. The summed E-state index contributed by atoms with van der Waals surface area (Å²) in [5.74, 6) is -2.40. The van der Waals surface area contributed by atoms with Crippen molar-refractivity contribution in [1.82, 2.24) is 20.0 Å². The molecule has 0 aliphatic rings. The zero-order valence-corrected chi connectivity index (χ0v) is 17.9. The van der Waals surface area contributed by atoms with Crippen molar-refractivity contribution >= 4 is 12.1 Å². The summed E-state index contributed by atoms with van der Waals surface area (Å²) in [5.41, 5.74) is -1.33. The number of halogens is 3. The molecule has 0 aliphatic heterocycles. The molecule has 0 saturated heterocycles. The van der Waals surface area contributed by atoms with Gasteiger partial charge in [-0.25, -0.2) is 4.79 Å². The van der Waals surface area contributed by atoms with Crippen molar-refractivity contribution in [2.75, 3.05) is 0 Å². The average Bonchev–Trinajstić information content (AvgIpc) is 3.18. The molecular weight excluding hydrogens is 445 g/mol. The Hall–Kier alpha value is -3.96. The lowest BCUT2D eigenvalue weighted by Gasteiger charge is -2.18. The zero-order chi connectivity index (χ0) is 24.6. The van der Waals surface area contributed by atoms with Gasteiger partial charge in [-0.3, -0.25) is 0 Å². The highest BCUT2D eigenvalue weighted by atomic mass is 19.4. The Balaban J connectivity index is 1.85. The maximum atomic E-state index is 12.8. The van der Waals surface area contributed by atoms with E-state index in [9.17, 15) is 27.9 Å². The maximum Gasteiger partial charge on any atom is 0.435 e. The quantitative estimate of drug-likeness (QED) is 0.576. The lowest BCUT2D eigenvalue weighted by Crippen LogP contribution is -2.27. The Morgan fingerprint density at radius 3 is 2.33 bits per heavy atom. The van der Waals surface area contributed by atoms with Gasteiger partial charge < -0.3 is 19.4 Å². The van der Waals surface area contributed by atoms with E-state index in [-0.39, 0.29) is 5.75 Å². The number of carboxylic acids is 1. The first-order chi connectivity index (χ1) is 15.2. The van der Waals surface area contributed by atoms with Crippen LogP contribution >= 0.6 is 0 Å². The molecule has 0 radical (unpaired) electrons. The number of aromatic carboxylic acids is 1. The molecule has 0 unspecified atom stereocenters. The largest absolute Gasteiger partial charge is 0.545 e. The van der Waals surface area contributed by atoms with Crippen LogP contribution < -0.4 is 9.84 Å². The van der Waals surface area contributed by atoms with E-state index >= 15 is 0 Å². The van der Waals surface area contributed by atoms with Gasteiger partial charge in [0.2, 0.25) is 5.88 Å². The second kappa shape index (κ2) is 8.52. The number of rotatable bonds is 4. The van der Waals surface area contributed by atoms with Crippen LogP contribution in [0.4, 0.5) is 18.0 Å². The highest BCUT2D eigenvalue weighted by Crippen LogP contribution is 2.33. The van der Waals surface area contributed by atoms with Crippen LogP contribution in [0.1, 0.15) is 42.4 Å². The number of nitrogens with zero attached hydrogens (tertiary/aromatic N) is 4. The normalized spacial score (nSPS) is 11.8. The Labute approximate surface area is 185 Å². The summed E-state index contributed by atoms with van der Waals surface area (Å²) in [4.78, 5) is 23.4. The Kier molecular flexibility index (Phi) is 6.12. The first-order valence-electron chi connectivity index (χ1n) is 9.48. The number of benzene rings is 1. The van der Waals surface area contributed by atoms with Crippen molar-refractivity contribution in [2.24, 2.45) is 0 Å². The molecule has 1 aromatic carbocycles. The zero-order valence-electron chi connectivity index (χ0n) is 17.9. The van der Waals surface area contributed by atoms with Crippen LogP contribution in [0.25, 0.3) is 11.1 Å². The Bertz CT molecular complexity index is 1220. The smallest absolute Gasteiger partial charge is 0.435 e. The third-order valence-corrected chi connectivity index (χ3v) is 4.15. The molecule has 0 spiro atoms. The molecular formula is C21H18F3N4O5-. The minimum Gasteiger partial charge on any atom is -0.545 e. The molecule has 3 rings (SSSR count). The summed E-state index contributed by atoms with van der Waals surface area (Å²) in [5, 5.41) is 21.5. The summed E-state index contributed by atoms with van der Waals surface area (Å²) >= 11 is 0. The molecule has 0 saturated carbocycles. The molecule has 2 heterocycles. The van der Waals surface area contributed by atoms with Crippen LogP contribution in [0, 0.1) is 6.92 Å². The number of carbonyl (C=O) groups excluding carboxylic acids is 2. The highest BCUT2D eigenvalue weighted by molar-refractivity contribution is 5.88. The number of carbonyl (C=O) groups is 2. The summed E-state index contributed by atoms with van der Waals surface area (Å²) in [6, 6.07) is 5.01. The summed E-state index contributed by atoms with van der Waals surface area (Å²) in [7, 11) is 0. The van der Waals surface area contributed by atoms with Gasteiger partial charge >= 0.3 is 12.3 Å². The molecule has 0 bridgehead atoms. The minimum atomic E-state index is -4.88. The van der Waals surface area contributed by atoms with E-state index in [1.54, 1.807) is 39.8 Å². The lowest BCUT2D eigenvalue weighted by atomic mass is 10.1. The lowest BCUT2D eigenvalue weighted by molar-refractivity contribution is -0.255. The van der Waals surface area contributed by atoms with Crippen molar-refractivity contribution in [3.63, 3.8) is 0 Å². The van der Waals surface area contributed by atoms with Crippen LogP contribution in [-0.4, -0.2) is 37.6 Å². The van der Waals surface area contributed by atoms with E-state index in [0.717, 1.165) is 4.68 Å².